The number of nitrogens with one attached hydrogen (secondary N) is 1. The van der Waals surface area contributed by atoms with Gasteiger partial charge in [-0.15, -0.1) is 0 Å². The third-order valence-corrected chi connectivity index (χ3v) is 4.52. The van der Waals surface area contributed by atoms with Crippen molar-refractivity contribution in [3.63, 3.8) is 0 Å². The minimum atomic E-state index is -3.10. The Kier molecular flexibility index (Phi) is 5.31. The third-order valence-electron chi connectivity index (χ3n) is 4.52. The number of hydrogen-bond acceptors (Lipinski definition) is 5. The molecular weight excluding hydrogens is 368 g/mol. The lowest BCUT2D eigenvalue weighted by molar-refractivity contribution is -0.131. The van der Waals surface area contributed by atoms with E-state index in [0.717, 1.165) is 16.0 Å². The van der Waals surface area contributed by atoms with E-state index in [9.17, 15) is 18.4 Å². The average Bonchev–Trinajstić information content (AvgIpc) is 3.01. The summed E-state index contributed by atoms with van der Waals surface area (Å²) in [6, 6.07) is 3.77. The van der Waals surface area contributed by atoms with Gasteiger partial charge < -0.3 is 10.2 Å². The molecule has 2 aromatic heterocycles. The molecule has 2 amide bonds. The first-order chi connectivity index (χ1) is 13.3. The number of hydrogen-bond donors (Lipinski definition) is 1. The van der Waals surface area contributed by atoms with Crippen LogP contribution in [-0.2, 0) is 4.79 Å². The predicted octanol–water partition coefficient (Wildman–Crippen LogP) is 1.94. The molecule has 2 aromatic rings. The fourth-order valence-corrected chi connectivity index (χ4v) is 3.13. The standard InChI is InChI=1S/C19H17F2N5O2/c1-12-8-23-4-2-14(12)16-9-24-5-3-15(16)18(28)25-10-17(27)26-11-19(20,21)6-13(26)7-22/h2-5,8-9,13H,6,10-11H2,1H3,(H,25,28). The lowest BCUT2D eigenvalue weighted by atomic mass is 9.99. The second-order valence-corrected chi connectivity index (χ2v) is 6.52. The van der Waals surface area contributed by atoms with Crippen molar-refractivity contribution in [1.82, 2.24) is 20.2 Å². The van der Waals surface area contributed by atoms with Crippen molar-refractivity contribution < 1.29 is 18.4 Å². The number of carbonyl (C=O) groups excluding carboxylic acids is 2. The Morgan fingerprint density at radius 1 is 1.29 bits per heavy atom. The highest BCUT2D eigenvalue weighted by Crippen LogP contribution is 2.31. The molecule has 1 fully saturated rings. The zero-order chi connectivity index (χ0) is 20.3. The summed E-state index contributed by atoms with van der Waals surface area (Å²) in [6.07, 6.45) is 5.54. The fraction of sp³-hybridized carbons (Fsp3) is 0.316. The Labute approximate surface area is 160 Å². The van der Waals surface area contributed by atoms with Crippen LogP contribution in [0.2, 0.25) is 0 Å². The molecule has 0 aromatic carbocycles. The Morgan fingerprint density at radius 2 is 2.00 bits per heavy atom. The first-order valence-electron chi connectivity index (χ1n) is 8.52. The van der Waals surface area contributed by atoms with E-state index in [1.54, 1.807) is 24.5 Å². The van der Waals surface area contributed by atoms with Crippen molar-refractivity contribution in [2.45, 2.75) is 25.3 Å². The number of halogens is 2. The van der Waals surface area contributed by atoms with Gasteiger partial charge in [0.05, 0.1) is 24.7 Å². The maximum atomic E-state index is 13.5. The molecule has 0 aliphatic carbocycles. The molecule has 1 unspecified atom stereocenters. The van der Waals surface area contributed by atoms with Crippen LogP contribution in [0.15, 0.2) is 36.9 Å². The van der Waals surface area contributed by atoms with Crippen LogP contribution >= 0.6 is 0 Å². The summed E-state index contributed by atoms with van der Waals surface area (Å²) in [4.78, 5) is 33.7. The van der Waals surface area contributed by atoms with Gasteiger partial charge in [-0.2, -0.15) is 5.26 Å². The summed E-state index contributed by atoms with van der Waals surface area (Å²) >= 11 is 0. The normalized spacial score (nSPS) is 17.8. The largest absolute Gasteiger partial charge is 0.343 e. The lowest BCUT2D eigenvalue weighted by Crippen LogP contribution is -2.43. The number of pyridine rings is 2. The molecule has 0 spiro atoms. The molecule has 3 heterocycles. The van der Waals surface area contributed by atoms with Gasteiger partial charge in [-0.05, 0) is 30.2 Å². The number of alkyl halides is 2. The number of carbonyl (C=O) groups is 2. The van der Waals surface area contributed by atoms with Gasteiger partial charge in [0, 0.05) is 36.8 Å². The number of nitriles is 1. The van der Waals surface area contributed by atoms with E-state index >= 15 is 0 Å². The van der Waals surface area contributed by atoms with Crippen LogP contribution in [0.5, 0.6) is 0 Å². The summed E-state index contributed by atoms with van der Waals surface area (Å²) < 4.78 is 27.0. The molecule has 0 saturated carbocycles. The van der Waals surface area contributed by atoms with Gasteiger partial charge in [-0.1, -0.05) is 0 Å². The minimum Gasteiger partial charge on any atom is -0.343 e. The molecule has 1 saturated heterocycles. The van der Waals surface area contributed by atoms with Gasteiger partial charge in [0.2, 0.25) is 5.91 Å². The van der Waals surface area contributed by atoms with E-state index in [4.69, 9.17) is 5.26 Å². The summed E-state index contributed by atoms with van der Waals surface area (Å²) in [5.74, 6) is -4.37. The first kappa shape index (κ1) is 19.4. The van der Waals surface area contributed by atoms with Crippen molar-refractivity contribution in [2.75, 3.05) is 13.1 Å². The number of aryl methyl sites for hydroxylation is 1. The van der Waals surface area contributed by atoms with E-state index in [-0.39, 0.29) is 0 Å². The Morgan fingerprint density at radius 3 is 2.71 bits per heavy atom. The van der Waals surface area contributed by atoms with E-state index in [1.165, 1.54) is 18.5 Å². The second kappa shape index (κ2) is 7.68. The van der Waals surface area contributed by atoms with Crippen LogP contribution in [-0.4, -0.2) is 51.7 Å². The zero-order valence-corrected chi connectivity index (χ0v) is 15.0. The highest BCUT2D eigenvalue weighted by atomic mass is 19.3. The second-order valence-electron chi connectivity index (χ2n) is 6.52. The molecule has 0 bridgehead atoms. The quantitative estimate of drug-likeness (QED) is 0.867. The highest BCUT2D eigenvalue weighted by molar-refractivity contribution is 6.02. The Balaban J connectivity index is 1.74. The van der Waals surface area contributed by atoms with E-state index in [2.05, 4.69) is 15.3 Å². The van der Waals surface area contributed by atoms with E-state index in [0.29, 0.717) is 11.1 Å². The van der Waals surface area contributed by atoms with Crippen molar-refractivity contribution in [2.24, 2.45) is 0 Å². The smallest absolute Gasteiger partial charge is 0.268 e. The summed E-state index contributed by atoms with van der Waals surface area (Å²) in [6.45, 7) is 0.539. The molecule has 1 aliphatic heterocycles. The minimum absolute atomic E-state index is 0.292. The molecule has 3 rings (SSSR count). The van der Waals surface area contributed by atoms with Crippen LogP contribution in [0.1, 0.15) is 22.3 Å². The topological polar surface area (TPSA) is 99.0 Å². The molecule has 144 valence electrons. The maximum Gasteiger partial charge on any atom is 0.268 e. The van der Waals surface area contributed by atoms with Gasteiger partial charge in [0.25, 0.3) is 11.8 Å². The van der Waals surface area contributed by atoms with Gasteiger partial charge in [-0.25, -0.2) is 8.78 Å². The zero-order valence-electron chi connectivity index (χ0n) is 15.0. The van der Waals surface area contributed by atoms with Gasteiger partial charge in [-0.3, -0.25) is 19.6 Å². The van der Waals surface area contributed by atoms with Crippen LogP contribution in [0.25, 0.3) is 11.1 Å². The predicted molar refractivity (Wildman–Crippen MR) is 95.2 cm³/mol. The maximum absolute atomic E-state index is 13.5. The van der Waals surface area contributed by atoms with Gasteiger partial charge >= 0.3 is 0 Å². The monoisotopic (exact) mass is 385 g/mol. The van der Waals surface area contributed by atoms with Gasteiger partial charge in [0.1, 0.15) is 6.04 Å². The highest BCUT2D eigenvalue weighted by Gasteiger charge is 2.47. The lowest BCUT2D eigenvalue weighted by Gasteiger charge is -2.19. The SMILES string of the molecule is Cc1cnccc1-c1cnccc1C(=O)NCC(=O)N1CC(F)(F)CC1C#N. The van der Waals surface area contributed by atoms with Gasteiger partial charge in [0.15, 0.2) is 0 Å². The number of nitrogens with zero attached hydrogens (tertiary/aromatic N) is 4. The molecule has 28 heavy (non-hydrogen) atoms. The molecule has 0 radical (unpaired) electrons. The van der Waals surface area contributed by atoms with Crippen LogP contribution in [0.4, 0.5) is 8.78 Å². The third kappa shape index (κ3) is 3.96. The van der Waals surface area contributed by atoms with Crippen LogP contribution < -0.4 is 5.32 Å². The summed E-state index contributed by atoms with van der Waals surface area (Å²) in [5, 5.41) is 11.4. The number of amides is 2. The Hall–Kier alpha value is -3.41. The molecule has 9 heteroatoms. The number of aromatic nitrogens is 2. The van der Waals surface area contributed by atoms with E-state index < -0.39 is 43.3 Å². The van der Waals surface area contributed by atoms with Crippen molar-refractivity contribution >= 4 is 11.8 Å². The fourth-order valence-electron chi connectivity index (χ4n) is 3.13. The van der Waals surface area contributed by atoms with Crippen molar-refractivity contribution in [3.05, 3.63) is 48.0 Å². The summed E-state index contributed by atoms with van der Waals surface area (Å²) in [7, 11) is 0. The molecular formula is C19H17F2N5O2. The number of rotatable bonds is 4. The summed E-state index contributed by atoms with van der Waals surface area (Å²) in [5.41, 5.74) is 2.47. The average molecular weight is 385 g/mol. The van der Waals surface area contributed by atoms with E-state index in [1.807, 2.05) is 6.92 Å². The Bertz CT molecular complexity index is 957. The molecule has 1 N–H and O–H groups in total. The van der Waals surface area contributed by atoms with Crippen molar-refractivity contribution in [1.29, 1.82) is 5.26 Å². The molecule has 7 nitrogen and oxygen atoms in total. The number of likely N-dealkylation sites (tertiary alicyclic amines) is 1. The van der Waals surface area contributed by atoms with Crippen LogP contribution in [0, 0.1) is 18.3 Å². The molecule has 1 atom stereocenters. The van der Waals surface area contributed by atoms with Crippen molar-refractivity contribution in [3.8, 4) is 17.2 Å². The first-order valence-corrected chi connectivity index (χ1v) is 8.52. The van der Waals surface area contributed by atoms with Crippen LogP contribution in [0.3, 0.4) is 0 Å². The molecule has 1 aliphatic rings.